The highest BCUT2D eigenvalue weighted by Crippen LogP contribution is 2.24. The van der Waals surface area contributed by atoms with Crippen molar-refractivity contribution in [3.63, 3.8) is 0 Å². The van der Waals surface area contributed by atoms with E-state index in [1.165, 1.54) is 0 Å². The first-order valence-electron chi connectivity index (χ1n) is 11.1. The number of fused-ring (bicyclic) bond motifs is 1. The smallest absolute Gasteiger partial charge is 0.253 e. The molecule has 1 fully saturated rings. The molecule has 0 aliphatic carbocycles. The second-order valence-electron chi connectivity index (χ2n) is 8.31. The monoisotopic (exact) mass is 467 g/mol. The fourth-order valence-corrected chi connectivity index (χ4v) is 5.06. The van der Waals surface area contributed by atoms with E-state index in [1.807, 2.05) is 43.3 Å². The molecule has 8 heteroatoms. The van der Waals surface area contributed by atoms with Crippen LogP contribution in [-0.4, -0.2) is 51.3 Å². The lowest BCUT2D eigenvalue weighted by Gasteiger charge is -2.34. The van der Waals surface area contributed by atoms with E-state index in [2.05, 4.69) is 15.2 Å². The average molecular weight is 468 g/mol. The number of piperidine rings is 1. The Morgan fingerprint density at radius 3 is 2.45 bits per heavy atom. The van der Waals surface area contributed by atoms with E-state index < -0.39 is 9.84 Å². The summed E-state index contributed by atoms with van der Waals surface area (Å²) in [5.41, 5.74) is 3.07. The molecule has 0 atom stereocenters. The van der Waals surface area contributed by atoms with Crippen molar-refractivity contribution in [1.82, 2.24) is 10.3 Å². The van der Waals surface area contributed by atoms with Crippen LogP contribution in [0.5, 0.6) is 5.75 Å². The summed E-state index contributed by atoms with van der Waals surface area (Å²) in [6.45, 7) is 5.08. The van der Waals surface area contributed by atoms with Gasteiger partial charge in [0.2, 0.25) is 0 Å². The lowest BCUT2D eigenvalue weighted by molar-refractivity contribution is 0.0930. The molecule has 1 aliphatic heterocycles. The minimum Gasteiger partial charge on any atom is -0.497 e. The summed E-state index contributed by atoms with van der Waals surface area (Å²) in [4.78, 5) is 20.1. The van der Waals surface area contributed by atoms with Crippen LogP contribution in [0.4, 0.5) is 5.69 Å². The SMILES string of the molecule is CCS(=O)(=O)c1ccc(N2CCC(NC(=O)c3cc4ccc(OC)cc4nc3C)CC2)cc1. The van der Waals surface area contributed by atoms with Crippen molar-refractivity contribution in [3.8, 4) is 5.75 Å². The summed E-state index contributed by atoms with van der Waals surface area (Å²) in [5.74, 6) is 0.725. The number of sulfone groups is 1. The molecule has 2 heterocycles. The van der Waals surface area contributed by atoms with E-state index in [-0.39, 0.29) is 17.7 Å². The fraction of sp³-hybridized carbons (Fsp3) is 0.360. The van der Waals surface area contributed by atoms with Crippen molar-refractivity contribution in [3.05, 3.63) is 59.8 Å². The zero-order chi connectivity index (χ0) is 23.6. The van der Waals surface area contributed by atoms with Crippen molar-refractivity contribution in [2.45, 2.75) is 37.6 Å². The van der Waals surface area contributed by atoms with Gasteiger partial charge >= 0.3 is 0 Å². The first-order chi connectivity index (χ1) is 15.8. The third-order valence-electron chi connectivity index (χ3n) is 6.23. The number of hydrogen-bond donors (Lipinski definition) is 1. The van der Waals surface area contributed by atoms with Crippen LogP contribution in [0.3, 0.4) is 0 Å². The second-order valence-corrected chi connectivity index (χ2v) is 10.6. The van der Waals surface area contributed by atoms with Gasteiger partial charge in [-0.1, -0.05) is 6.92 Å². The Kier molecular flexibility index (Phi) is 6.56. The number of methoxy groups -OCH3 is 1. The number of pyridine rings is 1. The standard InChI is InChI=1S/C25H29N3O4S/c1-4-33(30,31)22-9-6-20(7-10-22)28-13-11-19(12-14-28)27-25(29)23-15-18-5-8-21(32-3)16-24(18)26-17(23)2/h5-10,15-16,19H,4,11-14H2,1-3H3,(H,27,29). The van der Waals surface area contributed by atoms with Gasteiger partial charge in [-0.3, -0.25) is 9.78 Å². The normalized spacial score (nSPS) is 14.9. The van der Waals surface area contributed by atoms with Crippen LogP contribution in [0.1, 0.15) is 35.8 Å². The van der Waals surface area contributed by atoms with E-state index in [1.54, 1.807) is 26.2 Å². The van der Waals surface area contributed by atoms with E-state index in [0.29, 0.717) is 16.2 Å². The summed E-state index contributed by atoms with van der Waals surface area (Å²) in [6.07, 6.45) is 1.63. The van der Waals surface area contributed by atoms with Crippen LogP contribution >= 0.6 is 0 Å². The van der Waals surface area contributed by atoms with Crippen molar-refractivity contribution in [1.29, 1.82) is 0 Å². The first-order valence-corrected chi connectivity index (χ1v) is 12.8. The Hall–Kier alpha value is -3.13. The molecule has 33 heavy (non-hydrogen) atoms. The number of ether oxygens (including phenoxy) is 1. The van der Waals surface area contributed by atoms with Gasteiger partial charge in [0.1, 0.15) is 5.75 Å². The number of amides is 1. The third kappa shape index (κ3) is 4.95. The van der Waals surface area contributed by atoms with Gasteiger partial charge in [-0.2, -0.15) is 0 Å². The molecule has 1 amide bonds. The Bertz CT molecular complexity index is 1260. The van der Waals surface area contributed by atoms with Crippen LogP contribution in [0.15, 0.2) is 53.4 Å². The van der Waals surface area contributed by atoms with E-state index in [9.17, 15) is 13.2 Å². The maximum Gasteiger partial charge on any atom is 0.253 e. The quantitative estimate of drug-likeness (QED) is 0.594. The number of aryl methyl sites for hydroxylation is 1. The number of hydrogen-bond acceptors (Lipinski definition) is 6. The predicted molar refractivity (Wildman–Crippen MR) is 130 cm³/mol. The van der Waals surface area contributed by atoms with Crippen LogP contribution < -0.4 is 15.0 Å². The molecular formula is C25H29N3O4S. The zero-order valence-electron chi connectivity index (χ0n) is 19.2. The van der Waals surface area contributed by atoms with Crippen LogP contribution in [-0.2, 0) is 9.84 Å². The van der Waals surface area contributed by atoms with Crippen LogP contribution in [0.2, 0.25) is 0 Å². The molecule has 1 saturated heterocycles. The van der Waals surface area contributed by atoms with Gasteiger partial charge in [-0.25, -0.2) is 8.42 Å². The van der Waals surface area contributed by atoms with Gasteiger partial charge in [0.15, 0.2) is 9.84 Å². The molecule has 1 aromatic heterocycles. The van der Waals surface area contributed by atoms with E-state index in [0.717, 1.165) is 48.3 Å². The topological polar surface area (TPSA) is 88.6 Å². The number of benzene rings is 2. The average Bonchev–Trinajstić information content (AvgIpc) is 2.83. The van der Waals surface area contributed by atoms with E-state index in [4.69, 9.17) is 4.74 Å². The first kappa shape index (κ1) is 23.0. The molecule has 1 aliphatic rings. The number of rotatable bonds is 6. The Morgan fingerprint density at radius 1 is 1.12 bits per heavy atom. The number of nitrogens with zero attached hydrogens (tertiary/aromatic N) is 2. The molecule has 0 radical (unpaired) electrons. The largest absolute Gasteiger partial charge is 0.497 e. The fourth-order valence-electron chi connectivity index (χ4n) is 4.18. The molecule has 0 spiro atoms. The molecule has 0 unspecified atom stereocenters. The van der Waals surface area contributed by atoms with Gasteiger partial charge < -0.3 is 15.0 Å². The number of anilines is 1. The second kappa shape index (κ2) is 9.39. The molecule has 0 bridgehead atoms. The highest BCUT2D eigenvalue weighted by atomic mass is 32.2. The summed E-state index contributed by atoms with van der Waals surface area (Å²) in [6, 6.07) is 14.7. The molecular weight excluding hydrogens is 438 g/mol. The predicted octanol–water partition coefficient (Wildman–Crippen LogP) is 3.74. The molecule has 3 aromatic rings. The highest BCUT2D eigenvalue weighted by Gasteiger charge is 2.23. The molecule has 0 saturated carbocycles. The summed E-state index contributed by atoms with van der Waals surface area (Å²) >= 11 is 0. The molecule has 174 valence electrons. The zero-order valence-corrected chi connectivity index (χ0v) is 20.0. The van der Waals surface area contributed by atoms with Gasteiger partial charge in [-0.15, -0.1) is 0 Å². The summed E-state index contributed by atoms with van der Waals surface area (Å²) < 4.78 is 29.3. The highest BCUT2D eigenvalue weighted by molar-refractivity contribution is 7.91. The molecule has 1 N–H and O–H groups in total. The van der Waals surface area contributed by atoms with Gasteiger partial charge in [0.25, 0.3) is 5.91 Å². The van der Waals surface area contributed by atoms with Gasteiger partial charge in [0, 0.05) is 36.3 Å². The van der Waals surface area contributed by atoms with Crippen LogP contribution in [0.25, 0.3) is 10.9 Å². The molecule has 4 rings (SSSR count). The third-order valence-corrected chi connectivity index (χ3v) is 7.98. The van der Waals surface area contributed by atoms with Crippen molar-refractivity contribution >= 4 is 32.3 Å². The van der Waals surface area contributed by atoms with Crippen molar-refractivity contribution < 1.29 is 17.9 Å². The number of nitrogens with one attached hydrogen (secondary N) is 1. The lowest BCUT2D eigenvalue weighted by Crippen LogP contribution is -2.44. The van der Waals surface area contributed by atoms with Crippen LogP contribution in [0, 0.1) is 6.92 Å². The Morgan fingerprint density at radius 2 is 1.82 bits per heavy atom. The summed E-state index contributed by atoms with van der Waals surface area (Å²) in [5, 5.41) is 4.06. The number of carbonyl (C=O) groups excluding carboxylic acids is 1. The summed E-state index contributed by atoms with van der Waals surface area (Å²) in [7, 11) is -1.57. The lowest BCUT2D eigenvalue weighted by atomic mass is 10.0. The van der Waals surface area contributed by atoms with Gasteiger partial charge in [-0.05, 0) is 62.2 Å². The number of carbonyl (C=O) groups is 1. The van der Waals surface area contributed by atoms with Crippen molar-refractivity contribution in [2.75, 3.05) is 30.9 Å². The Labute approximate surface area is 194 Å². The molecule has 7 nitrogen and oxygen atoms in total. The minimum atomic E-state index is -3.19. The molecule has 2 aromatic carbocycles. The maximum atomic E-state index is 13.0. The maximum absolute atomic E-state index is 13.0. The van der Waals surface area contributed by atoms with Crippen molar-refractivity contribution in [2.24, 2.45) is 0 Å². The Balaban J connectivity index is 1.39. The minimum absolute atomic E-state index is 0.0828. The number of aromatic nitrogens is 1. The van der Waals surface area contributed by atoms with E-state index >= 15 is 0 Å². The van der Waals surface area contributed by atoms with Gasteiger partial charge in [0.05, 0.1) is 34.5 Å².